The fourth-order valence-corrected chi connectivity index (χ4v) is 2.16. The number of hydrogen-bond donors (Lipinski definition) is 3. The maximum atomic E-state index is 12.5. The topological polar surface area (TPSA) is 131 Å². The number of rotatable bonds is 6. The standard InChI is InChI=1S/C16H19N5O5/c1-3-17-16(25)20-11-8-18-13-10(6-5-7-21(13)15(11)24)14(23)19-9-12(22)26-4-2/h5-8H,3-4,9H2,1-2H3,(H,19,23)(H2,17,20,25). The quantitative estimate of drug-likeness (QED) is 0.627. The van der Waals surface area contributed by atoms with Crippen LogP contribution in [0.3, 0.4) is 0 Å². The van der Waals surface area contributed by atoms with E-state index in [0.717, 1.165) is 4.40 Å². The zero-order valence-corrected chi connectivity index (χ0v) is 14.4. The normalized spacial score (nSPS) is 10.2. The van der Waals surface area contributed by atoms with Crippen LogP contribution in [0.2, 0.25) is 0 Å². The van der Waals surface area contributed by atoms with Gasteiger partial charge in [0.2, 0.25) is 0 Å². The largest absolute Gasteiger partial charge is 0.465 e. The number of nitrogens with one attached hydrogen (secondary N) is 3. The Bertz CT molecular complexity index is 892. The first kappa shape index (κ1) is 18.9. The second kappa shape index (κ2) is 8.60. The number of nitrogens with zero attached hydrogens (tertiary/aromatic N) is 2. The van der Waals surface area contributed by atoms with Crippen molar-refractivity contribution in [3.05, 3.63) is 40.4 Å². The van der Waals surface area contributed by atoms with E-state index >= 15 is 0 Å². The predicted molar refractivity (Wildman–Crippen MR) is 93.1 cm³/mol. The number of hydrogen-bond acceptors (Lipinski definition) is 6. The van der Waals surface area contributed by atoms with Crippen LogP contribution in [0.25, 0.3) is 5.65 Å². The van der Waals surface area contributed by atoms with Crippen LogP contribution in [0.15, 0.2) is 29.3 Å². The van der Waals surface area contributed by atoms with Gasteiger partial charge >= 0.3 is 12.0 Å². The summed E-state index contributed by atoms with van der Waals surface area (Å²) in [5, 5.41) is 7.31. The minimum atomic E-state index is -0.576. The maximum absolute atomic E-state index is 12.5. The van der Waals surface area contributed by atoms with E-state index in [1.807, 2.05) is 0 Å². The lowest BCUT2D eigenvalue weighted by Crippen LogP contribution is -2.33. The summed E-state index contributed by atoms with van der Waals surface area (Å²) >= 11 is 0. The van der Waals surface area contributed by atoms with Crippen LogP contribution in [0, 0.1) is 0 Å². The van der Waals surface area contributed by atoms with E-state index in [1.54, 1.807) is 13.8 Å². The number of amides is 3. The van der Waals surface area contributed by atoms with Gasteiger partial charge in [0.25, 0.3) is 11.5 Å². The van der Waals surface area contributed by atoms with Gasteiger partial charge in [-0.2, -0.15) is 0 Å². The van der Waals surface area contributed by atoms with E-state index in [4.69, 9.17) is 4.74 Å². The lowest BCUT2D eigenvalue weighted by Gasteiger charge is -2.10. The highest BCUT2D eigenvalue weighted by Crippen LogP contribution is 2.08. The molecule has 26 heavy (non-hydrogen) atoms. The molecule has 138 valence electrons. The Morgan fingerprint density at radius 1 is 1.23 bits per heavy atom. The average molecular weight is 361 g/mol. The van der Waals surface area contributed by atoms with Crippen LogP contribution in [0.5, 0.6) is 0 Å². The number of anilines is 1. The van der Waals surface area contributed by atoms with Crippen molar-refractivity contribution in [3.8, 4) is 0 Å². The molecule has 0 aliphatic carbocycles. The van der Waals surface area contributed by atoms with Gasteiger partial charge in [-0.15, -0.1) is 0 Å². The van der Waals surface area contributed by atoms with Crippen molar-refractivity contribution in [2.45, 2.75) is 13.8 Å². The second-order valence-electron chi connectivity index (χ2n) is 5.06. The molecule has 0 saturated heterocycles. The van der Waals surface area contributed by atoms with Crippen LogP contribution in [-0.4, -0.2) is 47.0 Å². The number of aromatic nitrogens is 2. The molecule has 0 spiro atoms. The number of ether oxygens (including phenoxy) is 1. The van der Waals surface area contributed by atoms with Crippen LogP contribution in [0.4, 0.5) is 10.5 Å². The van der Waals surface area contributed by atoms with Gasteiger partial charge < -0.3 is 20.7 Å². The average Bonchev–Trinajstić information content (AvgIpc) is 2.62. The number of carbonyl (C=O) groups excluding carboxylic acids is 3. The highest BCUT2D eigenvalue weighted by molar-refractivity contribution is 6.01. The molecule has 0 aliphatic heterocycles. The Kier molecular flexibility index (Phi) is 6.25. The van der Waals surface area contributed by atoms with Gasteiger partial charge in [-0.05, 0) is 26.0 Å². The number of fused-ring (bicyclic) bond motifs is 1. The SMILES string of the molecule is CCNC(=O)Nc1cnc2c(C(=O)NCC(=O)OCC)cccn2c1=O. The van der Waals surface area contributed by atoms with Gasteiger partial charge in [-0.25, -0.2) is 9.78 Å². The molecule has 2 aromatic rings. The lowest BCUT2D eigenvalue weighted by atomic mass is 10.2. The van der Waals surface area contributed by atoms with E-state index in [0.29, 0.717) is 6.54 Å². The third kappa shape index (κ3) is 4.35. The first-order valence-corrected chi connectivity index (χ1v) is 7.97. The van der Waals surface area contributed by atoms with E-state index in [2.05, 4.69) is 20.9 Å². The second-order valence-corrected chi connectivity index (χ2v) is 5.06. The first-order valence-electron chi connectivity index (χ1n) is 7.97. The molecule has 0 aromatic carbocycles. The molecule has 10 heteroatoms. The molecule has 2 heterocycles. The zero-order valence-electron chi connectivity index (χ0n) is 14.4. The third-order valence-electron chi connectivity index (χ3n) is 3.26. The van der Waals surface area contributed by atoms with Gasteiger partial charge in [0, 0.05) is 12.7 Å². The van der Waals surface area contributed by atoms with Gasteiger partial charge in [-0.3, -0.25) is 18.8 Å². The summed E-state index contributed by atoms with van der Waals surface area (Å²) in [7, 11) is 0. The van der Waals surface area contributed by atoms with Crippen molar-refractivity contribution in [2.75, 3.05) is 25.0 Å². The summed E-state index contributed by atoms with van der Waals surface area (Å²) in [6.07, 6.45) is 2.60. The lowest BCUT2D eigenvalue weighted by molar-refractivity contribution is -0.141. The van der Waals surface area contributed by atoms with Crippen molar-refractivity contribution < 1.29 is 19.1 Å². The molecular weight excluding hydrogens is 342 g/mol. The molecule has 3 amide bonds. The monoisotopic (exact) mass is 361 g/mol. The van der Waals surface area contributed by atoms with Gasteiger partial charge in [0.05, 0.1) is 18.4 Å². The predicted octanol–water partition coefficient (Wildman–Crippen LogP) is 0.129. The zero-order chi connectivity index (χ0) is 19.1. The fourth-order valence-electron chi connectivity index (χ4n) is 2.16. The molecule has 2 aromatic heterocycles. The Labute approximate surface area is 148 Å². The Morgan fingerprint density at radius 2 is 2.00 bits per heavy atom. The summed E-state index contributed by atoms with van der Waals surface area (Å²) in [4.78, 5) is 51.7. The van der Waals surface area contributed by atoms with Crippen LogP contribution in [-0.2, 0) is 9.53 Å². The summed E-state index contributed by atoms with van der Waals surface area (Å²) in [6.45, 7) is 3.72. The van der Waals surface area contributed by atoms with Crippen molar-refractivity contribution in [3.63, 3.8) is 0 Å². The number of urea groups is 1. The van der Waals surface area contributed by atoms with Crippen LogP contribution in [0.1, 0.15) is 24.2 Å². The number of esters is 1. The molecule has 0 atom stereocenters. The van der Waals surface area contributed by atoms with Crippen molar-refractivity contribution in [1.29, 1.82) is 0 Å². The van der Waals surface area contributed by atoms with E-state index in [1.165, 1.54) is 24.5 Å². The van der Waals surface area contributed by atoms with E-state index < -0.39 is 23.5 Å². The molecule has 3 N–H and O–H groups in total. The van der Waals surface area contributed by atoms with Gasteiger partial charge in [0.15, 0.2) is 5.65 Å². The molecule has 0 fully saturated rings. The number of pyridine rings is 1. The van der Waals surface area contributed by atoms with Crippen LogP contribution >= 0.6 is 0 Å². The van der Waals surface area contributed by atoms with E-state index in [-0.39, 0.29) is 30.0 Å². The minimum Gasteiger partial charge on any atom is -0.465 e. The maximum Gasteiger partial charge on any atom is 0.325 e. The van der Waals surface area contributed by atoms with Crippen molar-refractivity contribution in [2.24, 2.45) is 0 Å². The van der Waals surface area contributed by atoms with Gasteiger partial charge in [-0.1, -0.05) is 0 Å². The first-order chi connectivity index (χ1) is 12.5. The molecule has 0 radical (unpaired) electrons. The minimum absolute atomic E-state index is 0.0301. The third-order valence-corrected chi connectivity index (χ3v) is 3.26. The molecule has 0 unspecified atom stereocenters. The molecule has 2 rings (SSSR count). The van der Waals surface area contributed by atoms with Gasteiger partial charge in [0.1, 0.15) is 12.2 Å². The van der Waals surface area contributed by atoms with Crippen LogP contribution < -0.4 is 21.5 Å². The molecular formula is C16H19N5O5. The summed E-state index contributed by atoms with van der Waals surface area (Å²) in [6, 6.07) is 2.43. The molecule has 10 nitrogen and oxygen atoms in total. The summed E-state index contributed by atoms with van der Waals surface area (Å²) in [5.74, 6) is -1.15. The number of carbonyl (C=O) groups is 3. The summed E-state index contributed by atoms with van der Waals surface area (Å²) in [5.41, 5.74) is -0.363. The Hall–Kier alpha value is -3.43. The molecule has 0 saturated carbocycles. The van der Waals surface area contributed by atoms with Crippen molar-refractivity contribution >= 4 is 29.2 Å². The Balaban J connectivity index is 2.29. The highest BCUT2D eigenvalue weighted by Gasteiger charge is 2.15. The molecule has 0 bridgehead atoms. The van der Waals surface area contributed by atoms with E-state index in [9.17, 15) is 19.2 Å². The smallest absolute Gasteiger partial charge is 0.325 e. The van der Waals surface area contributed by atoms with Crippen molar-refractivity contribution in [1.82, 2.24) is 20.0 Å². The molecule has 0 aliphatic rings. The summed E-state index contributed by atoms with van der Waals surface area (Å²) < 4.78 is 5.88. The highest BCUT2D eigenvalue weighted by atomic mass is 16.5. The fraction of sp³-hybridized carbons (Fsp3) is 0.312. The Morgan fingerprint density at radius 3 is 2.69 bits per heavy atom.